The van der Waals surface area contributed by atoms with Crippen LogP contribution in [-0.2, 0) is 12.8 Å². The third kappa shape index (κ3) is 2.17. The van der Waals surface area contributed by atoms with Gasteiger partial charge in [-0.3, -0.25) is 0 Å². The molecule has 0 aromatic heterocycles. The predicted octanol–water partition coefficient (Wildman–Crippen LogP) is 1.53. The summed E-state index contributed by atoms with van der Waals surface area (Å²) in [5, 5.41) is 0. The average molecular weight is 237 g/mol. The largest absolute Gasteiger partial charge is 0.496 e. The summed E-state index contributed by atoms with van der Waals surface area (Å²) in [5.74, 6) is 2.62. The van der Waals surface area contributed by atoms with Crippen LogP contribution in [0.4, 0.5) is 0 Å². The second-order valence-corrected chi connectivity index (χ2v) is 4.06. The van der Waals surface area contributed by atoms with Gasteiger partial charge in [-0.2, -0.15) is 0 Å². The Kier molecular flexibility index (Phi) is 3.74. The third-order valence-corrected chi connectivity index (χ3v) is 3.07. The van der Waals surface area contributed by atoms with Gasteiger partial charge in [-0.25, -0.2) is 0 Å². The Labute approximate surface area is 102 Å². The van der Waals surface area contributed by atoms with E-state index in [4.69, 9.17) is 19.9 Å². The molecule has 0 atom stereocenters. The number of fused-ring (bicyclic) bond motifs is 1. The molecule has 1 aliphatic heterocycles. The van der Waals surface area contributed by atoms with Crippen LogP contribution in [0.5, 0.6) is 17.2 Å². The van der Waals surface area contributed by atoms with E-state index in [1.165, 1.54) is 0 Å². The lowest BCUT2D eigenvalue weighted by atomic mass is 10.0. The Morgan fingerprint density at radius 2 is 2.18 bits per heavy atom. The molecule has 0 aliphatic carbocycles. The van der Waals surface area contributed by atoms with Crippen molar-refractivity contribution in [2.45, 2.75) is 19.3 Å². The number of hydrogen-bond donors (Lipinski definition) is 1. The summed E-state index contributed by atoms with van der Waals surface area (Å²) in [6.07, 6.45) is 2.70. The summed E-state index contributed by atoms with van der Waals surface area (Å²) < 4.78 is 16.5. The zero-order valence-electron chi connectivity index (χ0n) is 10.4. The van der Waals surface area contributed by atoms with Crippen molar-refractivity contribution in [1.82, 2.24) is 0 Å². The summed E-state index contributed by atoms with van der Waals surface area (Å²) in [6, 6.07) is 1.96. The molecular weight excluding hydrogens is 218 g/mol. The van der Waals surface area contributed by atoms with Crippen molar-refractivity contribution in [1.29, 1.82) is 0 Å². The molecule has 0 radical (unpaired) electrons. The number of benzene rings is 1. The molecule has 0 fully saturated rings. The summed E-state index contributed by atoms with van der Waals surface area (Å²) in [7, 11) is 3.36. The minimum Gasteiger partial charge on any atom is -0.496 e. The van der Waals surface area contributed by atoms with Crippen molar-refractivity contribution in [2.75, 3.05) is 27.4 Å². The van der Waals surface area contributed by atoms with Crippen LogP contribution in [0.2, 0.25) is 0 Å². The van der Waals surface area contributed by atoms with Gasteiger partial charge in [0.05, 0.1) is 20.8 Å². The fourth-order valence-corrected chi connectivity index (χ4v) is 2.27. The minimum absolute atomic E-state index is 0.667. The van der Waals surface area contributed by atoms with Crippen LogP contribution in [0, 0.1) is 0 Å². The van der Waals surface area contributed by atoms with E-state index < -0.39 is 0 Å². The summed E-state index contributed by atoms with van der Waals surface area (Å²) in [4.78, 5) is 0. The van der Waals surface area contributed by atoms with Crippen LogP contribution in [0.15, 0.2) is 6.07 Å². The Morgan fingerprint density at radius 1 is 1.35 bits per heavy atom. The third-order valence-electron chi connectivity index (χ3n) is 3.07. The number of rotatable bonds is 5. The van der Waals surface area contributed by atoms with Gasteiger partial charge in [-0.1, -0.05) is 0 Å². The number of nitrogens with two attached hydrogens (primary N) is 1. The first-order chi connectivity index (χ1) is 8.31. The van der Waals surface area contributed by atoms with E-state index >= 15 is 0 Å². The molecule has 1 aromatic rings. The Hall–Kier alpha value is -1.42. The molecule has 1 aliphatic rings. The van der Waals surface area contributed by atoms with Crippen LogP contribution in [0.1, 0.15) is 17.5 Å². The van der Waals surface area contributed by atoms with Crippen molar-refractivity contribution < 1.29 is 14.2 Å². The first kappa shape index (κ1) is 12.0. The quantitative estimate of drug-likeness (QED) is 0.843. The van der Waals surface area contributed by atoms with Crippen molar-refractivity contribution in [3.8, 4) is 17.2 Å². The fraction of sp³-hybridized carbons (Fsp3) is 0.538. The van der Waals surface area contributed by atoms with E-state index in [0.29, 0.717) is 6.54 Å². The molecule has 1 aromatic carbocycles. The molecule has 0 saturated carbocycles. The Balaban J connectivity index is 2.45. The molecule has 1 heterocycles. The van der Waals surface area contributed by atoms with Gasteiger partial charge < -0.3 is 19.9 Å². The average Bonchev–Trinajstić information content (AvgIpc) is 2.82. The molecule has 4 nitrogen and oxygen atoms in total. The van der Waals surface area contributed by atoms with Gasteiger partial charge in [0, 0.05) is 23.6 Å². The molecule has 0 amide bonds. The first-order valence-electron chi connectivity index (χ1n) is 5.91. The molecule has 94 valence electrons. The lowest BCUT2D eigenvalue weighted by Crippen LogP contribution is -2.04. The second kappa shape index (κ2) is 5.27. The van der Waals surface area contributed by atoms with Crippen LogP contribution in [0.3, 0.4) is 0 Å². The zero-order valence-corrected chi connectivity index (χ0v) is 10.4. The van der Waals surface area contributed by atoms with Gasteiger partial charge in [0.1, 0.15) is 17.2 Å². The highest BCUT2D eigenvalue weighted by Crippen LogP contribution is 2.42. The molecular formula is C13H19NO3. The molecule has 0 bridgehead atoms. The van der Waals surface area contributed by atoms with Crippen molar-refractivity contribution in [2.24, 2.45) is 5.73 Å². The zero-order chi connectivity index (χ0) is 12.3. The smallest absolute Gasteiger partial charge is 0.132 e. The summed E-state index contributed by atoms with van der Waals surface area (Å²) >= 11 is 0. The van der Waals surface area contributed by atoms with Crippen LogP contribution in [-0.4, -0.2) is 27.4 Å². The number of hydrogen-bond acceptors (Lipinski definition) is 4. The monoisotopic (exact) mass is 237 g/mol. The normalized spacial score (nSPS) is 13.1. The van der Waals surface area contributed by atoms with Gasteiger partial charge in [-0.05, 0) is 19.4 Å². The van der Waals surface area contributed by atoms with Crippen molar-refractivity contribution in [3.05, 3.63) is 17.2 Å². The maximum atomic E-state index is 5.57. The molecule has 4 heteroatoms. The van der Waals surface area contributed by atoms with Gasteiger partial charge in [-0.15, -0.1) is 0 Å². The second-order valence-electron chi connectivity index (χ2n) is 4.06. The topological polar surface area (TPSA) is 53.7 Å². The van der Waals surface area contributed by atoms with Gasteiger partial charge in [0.25, 0.3) is 0 Å². The van der Waals surface area contributed by atoms with Gasteiger partial charge in [0.15, 0.2) is 0 Å². The van der Waals surface area contributed by atoms with E-state index in [2.05, 4.69) is 0 Å². The maximum Gasteiger partial charge on any atom is 0.132 e. The van der Waals surface area contributed by atoms with E-state index in [9.17, 15) is 0 Å². The fourth-order valence-electron chi connectivity index (χ4n) is 2.27. The Morgan fingerprint density at radius 3 is 2.82 bits per heavy atom. The van der Waals surface area contributed by atoms with Gasteiger partial charge in [0.2, 0.25) is 0 Å². The van der Waals surface area contributed by atoms with E-state index in [1.807, 2.05) is 6.07 Å². The standard InChI is InChI=1S/C13H19NO3/c1-15-11-8-12-10(5-7-17-12)13(16-2)9(11)4-3-6-14/h8H,3-7,14H2,1-2H3. The molecule has 17 heavy (non-hydrogen) atoms. The van der Waals surface area contributed by atoms with Crippen LogP contribution < -0.4 is 19.9 Å². The molecule has 0 unspecified atom stereocenters. The number of ether oxygens (including phenoxy) is 3. The molecule has 0 spiro atoms. The van der Waals surface area contributed by atoms with E-state index in [-0.39, 0.29) is 0 Å². The van der Waals surface area contributed by atoms with Gasteiger partial charge >= 0.3 is 0 Å². The Bertz CT molecular complexity index is 404. The van der Waals surface area contributed by atoms with Crippen LogP contribution >= 0.6 is 0 Å². The number of methoxy groups -OCH3 is 2. The molecule has 0 saturated heterocycles. The van der Waals surface area contributed by atoms with Crippen molar-refractivity contribution in [3.63, 3.8) is 0 Å². The van der Waals surface area contributed by atoms with E-state index in [0.717, 1.165) is 54.2 Å². The maximum absolute atomic E-state index is 5.57. The lowest BCUT2D eigenvalue weighted by molar-refractivity contribution is 0.351. The van der Waals surface area contributed by atoms with E-state index in [1.54, 1.807) is 14.2 Å². The molecule has 2 rings (SSSR count). The SMILES string of the molecule is COc1cc2c(c(OC)c1CCCN)CCO2. The van der Waals surface area contributed by atoms with Crippen LogP contribution in [0.25, 0.3) is 0 Å². The first-order valence-corrected chi connectivity index (χ1v) is 5.91. The predicted molar refractivity (Wildman–Crippen MR) is 66.1 cm³/mol. The highest BCUT2D eigenvalue weighted by atomic mass is 16.5. The minimum atomic E-state index is 0.667. The van der Waals surface area contributed by atoms with Crippen molar-refractivity contribution >= 4 is 0 Å². The summed E-state index contributed by atoms with van der Waals surface area (Å²) in [5.41, 5.74) is 7.82. The molecule has 2 N–H and O–H groups in total. The highest BCUT2D eigenvalue weighted by molar-refractivity contribution is 5.58. The lowest BCUT2D eigenvalue weighted by Gasteiger charge is -2.16. The summed E-state index contributed by atoms with van der Waals surface area (Å²) in [6.45, 7) is 1.38. The highest BCUT2D eigenvalue weighted by Gasteiger charge is 2.23.